The largest absolute Gasteiger partial charge is 0.381 e. The lowest BCUT2D eigenvalue weighted by atomic mass is 9.82. The molecule has 4 nitrogen and oxygen atoms in total. The van der Waals surface area contributed by atoms with Crippen LogP contribution in [-0.4, -0.2) is 25.7 Å². The minimum Gasteiger partial charge on any atom is -0.381 e. The van der Waals surface area contributed by atoms with Crippen molar-refractivity contribution in [1.82, 2.24) is 5.32 Å². The summed E-state index contributed by atoms with van der Waals surface area (Å²) in [5, 5.41) is 6.92. The lowest BCUT2D eigenvalue weighted by molar-refractivity contribution is -0.122. The topological polar surface area (TPSA) is 50.4 Å². The second-order valence-electron chi connectivity index (χ2n) is 6.09. The summed E-state index contributed by atoms with van der Waals surface area (Å²) in [7, 11) is 0. The zero-order valence-electron chi connectivity index (χ0n) is 13.7. The van der Waals surface area contributed by atoms with Crippen molar-refractivity contribution >= 4 is 39.1 Å². The summed E-state index contributed by atoms with van der Waals surface area (Å²) in [6.07, 6.45) is 1.50. The van der Waals surface area contributed by atoms with Crippen LogP contribution >= 0.6 is 27.5 Å². The molecule has 2 aromatic carbocycles. The molecule has 0 saturated carbocycles. The third-order valence-electron chi connectivity index (χ3n) is 4.42. The molecule has 0 aromatic heterocycles. The Kier molecular flexibility index (Phi) is 5.99. The lowest BCUT2D eigenvalue weighted by Crippen LogP contribution is -2.51. The van der Waals surface area contributed by atoms with E-state index in [4.69, 9.17) is 16.3 Å². The Bertz CT molecular complexity index is 748. The number of hydrogen-bond acceptors (Lipinski definition) is 3. The quantitative estimate of drug-likeness (QED) is 0.752. The normalized spacial score (nSPS) is 16.2. The van der Waals surface area contributed by atoms with Gasteiger partial charge in [0.25, 0.3) is 0 Å². The maximum atomic E-state index is 12.6. The van der Waals surface area contributed by atoms with Crippen molar-refractivity contribution in [2.75, 3.05) is 25.1 Å². The zero-order chi connectivity index (χ0) is 17.7. The summed E-state index contributed by atoms with van der Waals surface area (Å²) in [6, 6.07) is 15.5. The summed E-state index contributed by atoms with van der Waals surface area (Å²) in [4.78, 5) is 12.6. The molecular weight excluding hydrogens is 404 g/mol. The number of rotatable bonds is 5. The molecule has 1 heterocycles. The average molecular weight is 424 g/mol. The molecule has 1 fully saturated rings. The molecule has 1 aliphatic heterocycles. The van der Waals surface area contributed by atoms with Crippen LogP contribution in [0, 0.1) is 0 Å². The monoisotopic (exact) mass is 422 g/mol. The molecule has 1 saturated heterocycles. The maximum absolute atomic E-state index is 12.6. The molecule has 0 radical (unpaired) electrons. The first kappa shape index (κ1) is 18.2. The highest BCUT2D eigenvalue weighted by molar-refractivity contribution is 9.10. The van der Waals surface area contributed by atoms with Crippen LogP contribution in [0.15, 0.2) is 53.0 Å². The third-order valence-corrected chi connectivity index (χ3v) is 5.24. The summed E-state index contributed by atoms with van der Waals surface area (Å²) >= 11 is 9.64. The van der Waals surface area contributed by atoms with Gasteiger partial charge in [-0.2, -0.15) is 0 Å². The van der Waals surface area contributed by atoms with Crippen LogP contribution in [0.4, 0.5) is 5.69 Å². The van der Waals surface area contributed by atoms with Gasteiger partial charge in [0.1, 0.15) is 0 Å². The minimum atomic E-state index is -0.402. The first-order chi connectivity index (χ1) is 12.1. The molecule has 0 spiro atoms. The number of anilines is 1. The minimum absolute atomic E-state index is 0.0678. The van der Waals surface area contributed by atoms with Gasteiger partial charge in [0.05, 0.1) is 22.8 Å². The fourth-order valence-corrected chi connectivity index (χ4v) is 3.68. The number of halogens is 2. The number of amides is 1. The van der Waals surface area contributed by atoms with Crippen LogP contribution in [0.2, 0.25) is 5.02 Å². The van der Waals surface area contributed by atoms with Crippen molar-refractivity contribution in [3.63, 3.8) is 0 Å². The molecule has 3 rings (SSSR count). The Labute approximate surface area is 161 Å². The van der Waals surface area contributed by atoms with Crippen molar-refractivity contribution in [3.05, 3.63) is 63.6 Å². The second kappa shape index (κ2) is 8.21. The third kappa shape index (κ3) is 4.54. The summed E-state index contributed by atoms with van der Waals surface area (Å²) in [5.74, 6) is -0.0678. The lowest BCUT2D eigenvalue weighted by Gasteiger charge is -2.38. The van der Waals surface area contributed by atoms with Gasteiger partial charge in [0.2, 0.25) is 5.91 Å². The van der Waals surface area contributed by atoms with E-state index >= 15 is 0 Å². The van der Waals surface area contributed by atoms with Gasteiger partial charge in [-0.15, -0.1) is 0 Å². The van der Waals surface area contributed by atoms with Crippen LogP contribution in [-0.2, 0) is 15.1 Å². The number of benzene rings is 2. The maximum Gasteiger partial charge on any atom is 0.239 e. The van der Waals surface area contributed by atoms with E-state index in [1.807, 2.05) is 30.3 Å². The fraction of sp³-hybridized carbons (Fsp3) is 0.316. The van der Waals surface area contributed by atoms with Gasteiger partial charge in [-0.1, -0.05) is 51.8 Å². The van der Waals surface area contributed by atoms with Crippen LogP contribution < -0.4 is 10.6 Å². The van der Waals surface area contributed by atoms with E-state index in [9.17, 15) is 4.79 Å². The van der Waals surface area contributed by atoms with Crippen molar-refractivity contribution in [3.8, 4) is 0 Å². The predicted octanol–water partition coefficient (Wildman–Crippen LogP) is 4.34. The molecule has 6 heteroatoms. The van der Waals surface area contributed by atoms with Crippen molar-refractivity contribution in [2.45, 2.75) is 18.4 Å². The Morgan fingerprint density at radius 1 is 1.16 bits per heavy atom. The fourth-order valence-electron chi connectivity index (χ4n) is 3.08. The van der Waals surface area contributed by atoms with Crippen LogP contribution in [0.3, 0.4) is 0 Å². The van der Waals surface area contributed by atoms with E-state index in [0.717, 1.165) is 28.6 Å². The van der Waals surface area contributed by atoms with Gasteiger partial charge in [-0.25, -0.2) is 0 Å². The Morgan fingerprint density at radius 2 is 1.92 bits per heavy atom. The number of carbonyl (C=O) groups is 1. The molecule has 1 aliphatic rings. The van der Waals surface area contributed by atoms with E-state index in [2.05, 4.69) is 38.7 Å². The highest BCUT2D eigenvalue weighted by Crippen LogP contribution is 2.33. The predicted molar refractivity (Wildman–Crippen MR) is 104 cm³/mol. The summed E-state index contributed by atoms with van der Waals surface area (Å²) < 4.78 is 6.51. The number of ether oxygens (including phenoxy) is 1. The van der Waals surface area contributed by atoms with E-state index in [1.54, 1.807) is 6.07 Å². The number of hydrogen-bond donors (Lipinski definition) is 2. The smallest absolute Gasteiger partial charge is 0.239 e. The summed E-state index contributed by atoms with van der Waals surface area (Å²) in [5.41, 5.74) is 1.44. The molecule has 2 N–H and O–H groups in total. The van der Waals surface area contributed by atoms with Crippen LogP contribution in [0.5, 0.6) is 0 Å². The van der Waals surface area contributed by atoms with E-state index in [-0.39, 0.29) is 12.5 Å². The molecular formula is C19H20BrClN2O2. The molecule has 132 valence electrons. The molecule has 2 aromatic rings. The van der Waals surface area contributed by atoms with Crippen molar-refractivity contribution < 1.29 is 9.53 Å². The Hall–Kier alpha value is -1.56. The second-order valence-corrected chi connectivity index (χ2v) is 7.41. The molecule has 0 unspecified atom stereocenters. The van der Waals surface area contributed by atoms with Gasteiger partial charge in [-0.3, -0.25) is 4.79 Å². The van der Waals surface area contributed by atoms with Crippen LogP contribution in [0.25, 0.3) is 0 Å². The number of para-hydroxylation sites is 1. The molecule has 25 heavy (non-hydrogen) atoms. The van der Waals surface area contributed by atoms with Gasteiger partial charge in [0, 0.05) is 17.7 Å². The SMILES string of the molecule is O=C(CNc1ccccc1Cl)NC1(c2cccc(Br)c2)CCOCC1. The standard InChI is InChI=1S/C19H20BrClN2O2/c20-15-5-3-4-14(12-15)19(8-10-25-11-9-19)23-18(24)13-22-17-7-2-1-6-16(17)21/h1-7,12,22H,8-11,13H2,(H,23,24). The van der Waals surface area contributed by atoms with Gasteiger partial charge < -0.3 is 15.4 Å². The zero-order valence-corrected chi connectivity index (χ0v) is 16.1. The van der Waals surface area contributed by atoms with E-state index in [0.29, 0.717) is 18.2 Å². The van der Waals surface area contributed by atoms with E-state index < -0.39 is 5.54 Å². The first-order valence-electron chi connectivity index (χ1n) is 8.22. The molecule has 0 bridgehead atoms. The highest BCUT2D eigenvalue weighted by atomic mass is 79.9. The highest BCUT2D eigenvalue weighted by Gasteiger charge is 2.36. The van der Waals surface area contributed by atoms with Gasteiger partial charge >= 0.3 is 0 Å². The molecule has 1 amide bonds. The van der Waals surface area contributed by atoms with Crippen molar-refractivity contribution in [2.24, 2.45) is 0 Å². The van der Waals surface area contributed by atoms with Gasteiger partial charge in [0.15, 0.2) is 0 Å². The number of nitrogens with one attached hydrogen (secondary N) is 2. The molecule has 0 aliphatic carbocycles. The average Bonchev–Trinajstić information content (AvgIpc) is 2.62. The first-order valence-corrected chi connectivity index (χ1v) is 9.39. The Morgan fingerprint density at radius 3 is 2.64 bits per heavy atom. The Balaban J connectivity index is 1.72. The number of carbonyl (C=O) groups excluding carboxylic acids is 1. The van der Waals surface area contributed by atoms with E-state index in [1.165, 1.54) is 0 Å². The molecule has 0 atom stereocenters. The van der Waals surface area contributed by atoms with Crippen molar-refractivity contribution in [1.29, 1.82) is 0 Å². The van der Waals surface area contributed by atoms with Gasteiger partial charge in [-0.05, 0) is 42.7 Å². The summed E-state index contributed by atoms with van der Waals surface area (Å²) in [6.45, 7) is 1.43. The van der Waals surface area contributed by atoms with Crippen LogP contribution in [0.1, 0.15) is 18.4 Å².